The first-order valence-corrected chi connectivity index (χ1v) is 9.70. The lowest BCUT2D eigenvalue weighted by Crippen LogP contribution is -2.51. The number of nitrogens with one attached hydrogen (secondary N) is 2. The zero-order chi connectivity index (χ0) is 19.1. The standard InChI is InChI=1S/C20H30N4O3/c1-27-15-17-4-2-3-16(11-17)12-21-19(25)13-23-7-9-24(10-8-23)14-20(26)22-18-5-6-18/h2-4,11,18H,5-10,12-15H2,1H3,(H,21,25)(H,22,26). The maximum absolute atomic E-state index is 12.2. The van der Waals surface area contributed by atoms with Gasteiger partial charge in [0.25, 0.3) is 0 Å². The van der Waals surface area contributed by atoms with Gasteiger partial charge in [-0.25, -0.2) is 0 Å². The van der Waals surface area contributed by atoms with Crippen molar-refractivity contribution in [3.63, 3.8) is 0 Å². The Morgan fingerprint density at radius 2 is 1.67 bits per heavy atom. The first kappa shape index (κ1) is 19.8. The van der Waals surface area contributed by atoms with Gasteiger partial charge < -0.3 is 15.4 Å². The second kappa shape index (κ2) is 9.82. The van der Waals surface area contributed by atoms with Crippen LogP contribution in [0.3, 0.4) is 0 Å². The summed E-state index contributed by atoms with van der Waals surface area (Å²) in [4.78, 5) is 28.4. The number of hydrogen-bond donors (Lipinski definition) is 2. The Morgan fingerprint density at radius 3 is 2.30 bits per heavy atom. The van der Waals surface area contributed by atoms with Crippen LogP contribution in [0.4, 0.5) is 0 Å². The monoisotopic (exact) mass is 374 g/mol. The van der Waals surface area contributed by atoms with Gasteiger partial charge in [-0.1, -0.05) is 24.3 Å². The molecule has 7 heteroatoms. The van der Waals surface area contributed by atoms with Crippen LogP contribution in [0.5, 0.6) is 0 Å². The van der Waals surface area contributed by atoms with Crippen LogP contribution >= 0.6 is 0 Å². The maximum Gasteiger partial charge on any atom is 0.234 e. The Morgan fingerprint density at radius 1 is 1.04 bits per heavy atom. The molecule has 1 aromatic carbocycles. The van der Waals surface area contributed by atoms with Gasteiger partial charge in [0.15, 0.2) is 0 Å². The van der Waals surface area contributed by atoms with Gasteiger partial charge in [0.05, 0.1) is 19.7 Å². The molecule has 1 aliphatic carbocycles. The Labute approximate surface area is 161 Å². The molecule has 1 aromatic rings. The number of ether oxygens (including phenoxy) is 1. The topological polar surface area (TPSA) is 73.9 Å². The highest BCUT2D eigenvalue weighted by atomic mass is 16.5. The number of hydrogen-bond acceptors (Lipinski definition) is 5. The third kappa shape index (κ3) is 6.93. The van der Waals surface area contributed by atoms with Gasteiger partial charge in [-0.2, -0.15) is 0 Å². The molecule has 7 nitrogen and oxygen atoms in total. The fourth-order valence-electron chi connectivity index (χ4n) is 3.27. The lowest BCUT2D eigenvalue weighted by atomic mass is 10.1. The SMILES string of the molecule is COCc1cccc(CNC(=O)CN2CCN(CC(=O)NC3CC3)CC2)c1. The Hall–Kier alpha value is -1.96. The van der Waals surface area contributed by atoms with E-state index in [-0.39, 0.29) is 11.8 Å². The Balaban J connectivity index is 1.33. The van der Waals surface area contributed by atoms with Crippen molar-refractivity contribution in [2.75, 3.05) is 46.4 Å². The number of rotatable bonds is 9. The molecule has 3 rings (SSSR count). The third-order valence-electron chi connectivity index (χ3n) is 4.93. The molecule has 2 fully saturated rings. The highest BCUT2D eigenvalue weighted by Crippen LogP contribution is 2.18. The Kier molecular flexibility index (Phi) is 7.20. The normalized spacial score (nSPS) is 18.3. The second-order valence-electron chi connectivity index (χ2n) is 7.42. The van der Waals surface area contributed by atoms with E-state index in [1.165, 1.54) is 0 Å². The van der Waals surface area contributed by atoms with E-state index < -0.39 is 0 Å². The molecule has 2 amide bonds. The minimum Gasteiger partial charge on any atom is -0.380 e. The van der Waals surface area contributed by atoms with Crippen LogP contribution in [-0.2, 0) is 27.5 Å². The van der Waals surface area contributed by atoms with Crippen LogP contribution in [0.1, 0.15) is 24.0 Å². The van der Waals surface area contributed by atoms with Gasteiger partial charge in [-0.3, -0.25) is 19.4 Å². The van der Waals surface area contributed by atoms with Crippen molar-refractivity contribution in [2.24, 2.45) is 0 Å². The summed E-state index contributed by atoms with van der Waals surface area (Å²) in [5, 5.41) is 6.01. The molecule has 0 atom stereocenters. The van der Waals surface area contributed by atoms with Gasteiger partial charge in [0.1, 0.15) is 0 Å². The largest absolute Gasteiger partial charge is 0.380 e. The van der Waals surface area contributed by atoms with E-state index in [0.29, 0.717) is 32.3 Å². The maximum atomic E-state index is 12.2. The average Bonchev–Trinajstić information content (AvgIpc) is 3.46. The molecule has 0 unspecified atom stereocenters. The van der Waals surface area contributed by atoms with Crippen molar-refractivity contribution in [3.8, 4) is 0 Å². The number of carbonyl (C=O) groups is 2. The van der Waals surface area contributed by atoms with Crippen LogP contribution in [0.15, 0.2) is 24.3 Å². The number of carbonyl (C=O) groups excluding carboxylic acids is 2. The van der Waals surface area contributed by atoms with Gasteiger partial charge >= 0.3 is 0 Å². The second-order valence-corrected chi connectivity index (χ2v) is 7.42. The van der Waals surface area contributed by atoms with E-state index in [1.54, 1.807) is 7.11 Å². The fraction of sp³-hybridized carbons (Fsp3) is 0.600. The molecule has 1 saturated heterocycles. The van der Waals surface area contributed by atoms with E-state index in [2.05, 4.69) is 26.5 Å². The van der Waals surface area contributed by atoms with Crippen molar-refractivity contribution in [1.82, 2.24) is 20.4 Å². The molecule has 0 bridgehead atoms. The van der Waals surface area contributed by atoms with Crippen LogP contribution in [-0.4, -0.2) is 74.0 Å². The van der Waals surface area contributed by atoms with Gasteiger partial charge in [0.2, 0.25) is 11.8 Å². The fourth-order valence-corrected chi connectivity index (χ4v) is 3.27. The molecular weight excluding hydrogens is 344 g/mol. The van der Waals surface area contributed by atoms with Crippen LogP contribution in [0.2, 0.25) is 0 Å². The quantitative estimate of drug-likeness (QED) is 0.652. The summed E-state index contributed by atoms with van der Waals surface area (Å²) < 4.78 is 5.14. The molecule has 0 aromatic heterocycles. The molecule has 2 aliphatic rings. The number of amides is 2. The number of methoxy groups -OCH3 is 1. The van der Waals surface area contributed by atoms with E-state index >= 15 is 0 Å². The molecule has 2 N–H and O–H groups in total. The molecule has 0 radical (unpaired) electrons. The average molecular weight is 374 g/mol. The molecule has 1 aliphatic heterocycles. The zero-order valence-electron chi connectivity index (χ0n) is 16.1. The molecule has 1 saturated carbocycles. The van der Waals surface area contributed by atoms with Gasteiger partial charge in [-0.15, -0.1) is 0 Å². The first-order valence-electron chi connectivity index (χ1n) is 9.70. The number of piperazine rings is 1. The summed E-state index contributed by atoms with van der Waals surface area (Å²) in [5.41, 5.74) is 2.18. The molecule has 1 heterocycles. The van der Waals surface area contributed by atoms with Crippen molar-refractivity contribution in [3.05, 3.63) is 35.4 Å². The smallest absolute Gasteiger partial charge is 0.234 e. The van der Waals surface area contributed by atoms with E-state index in [0.717, 1.165) is 50.1 Å². The lowest BCUT2D eigenvalue weighted by Gasteiger charge is -2.33. The minimum atomic E-state index is 0.0343. The van der Waals surface area contributed by atoms with Crippen molar-refractivity contribution in [2.45, 2.75) is 32.0 Å². The third-order valence-corrected chi connectivity index (χ3v) is 4.93. The molecule has 27 heavy (non-hydrogen) atoms. The highest BCUT2D eigenvalue weighted by Gasteiger charge is 2.25. The summed E-state index contributed by atoms with van der Waals surface area (Å²) in [5.74, 6) is 0.159. The minimum absolute atomic E-state index is 0.0343. The number of nitrogens with zero attached hydrogens (tertiary/aromatic N) is 2. The van der Waals surface area contributed by atoms with Gasteiger partial charge in [0, 0.05) is 45.9 Å². The first-order chi connectivity index (χ1) is 13.1. The summed E-state index contributed by atoms with van der Waals surface area (Å²) in [6.45, 7) is 5.24. The van der Waals surface area contributed by atoms with Crippen molar-refractivity contribution < 1.29 is 14.3 Å². The molecular formula is C20H30N4O3. The van der Waals surface area contributed by atoms with Gasteiger partial charge in [-0.05, 0) is 24.0 Å². The predicted octanol–water partition coefficient (Wildman–Crippen LogP) is 0.345. The lowest BCUT2D eigenvalue weighted by molar-refractivity contribution is -0.125. The summed E-state index contributed by atoms with van der Waals surface area (Å²) in [6.07, 6.45) is 2.23. The predicted molar refractivity (Wildman–Crippen MR) is 103 cm³/mol. The van der Waals surface area contributed by atoms with E-state index in [1.807, 2.05) is 18.2 Å². The summed E-state index contributed by atoms with van der Waals surface area (Å²) in [6, 6.07) is 8.46. The van der Waals surface area contributed by atoms with Crippen molar-refractivity contribution >= 4 is 11.8 Å². The summed E-state index contributed by atoms with van der Waals surface area (Å²) >= 11 is 0. The Bertz CT molecular complexity index is 640. The van der Waals surface area contributed by atoms with Crippen LogP contribution < -0.4 is 10.6 Å². The summed E-state index contributed by atoms with van der Waals surface area (Å²) in [7, 11) is 1.67. The number of benzene rings is 1. The van der Waals surface area contributed by atoms with E-state index in [4.69, 9.17) is 4.74 Å². The molecule has 0 spiro atoms. The van der Waals surface area contributed by atoms with Crippen LogP contribution in [0, 0.1) is 0 Å². The highest BCUT2D eigenvalue weighted by molar-refractivity contribution is 5.79. The van der Waals surface area contributed by atoms with Crippen molar-refractivity contribution in [1.29, 1.82) is 0 Å². The zero-order valence-corrected chi connectivity index (χ0v) is 16.1. The van der Waals surface area contributed by atoms with E-state index in [9.17, 15) is 9.59 Å². The molecule has 148 valence electrons. The van der Waals surface area contributed by atoms with Crippen LogP contribution in [0.25, 0.3) is 0 Å².